The summed E-state index contributed by atoms with van der Waals surface area (Å²) in [5.74, 6) is 3.90. The molecule has 0 spiro atoms. The minimum Gasteiger partial charge on any atom is -0.295 e. The fraction of sp³-hybridized carbons (Fsp3) is 0.857. The van der Waals surface area contributed by atoms with Crippen molar-refractivity contribution in [2.75, 3.05) is 0 Å². The van der Waals surface area contributed by atoms with Crippen molar-refractivity contribution in [3.63, 3.8) is 0 Å². The smallest absolute Gasteiger partial charge is 0.156 e. The number of Topliss-reactive ketones (excluding diaryl/α,β-unsaturated/α-hetero) is 1. The van der Waals surface area contributed by atoms with Crippen molar-refractivity contribution in [2.24, 2.45) is 34.5 Å². The van der Waals surface area contributed by atoms with E-state index in [1.54, 1.807) is 6.92 Å². The highest BCUT2D eigenvalue weighted by atomic mass is 16.1. The first-order chi connectivity index (χ1) is 10.5. The molecule has 0 aromatic rings. The second-order valence-corrected chi connectivity index (χ2v) is 9.27. The molecule has 4 aliphatic rings. The highest BCUT2D eigenvalue weighted by Crippen LogP contribution is 2.66. The maximum Gasteiger partial charge on any atom is 0.156 e. The van der Waals surface area contributed by atoms with Crippen LogP contribution in [0.2, 0.25) is 0 Å². The first-order valence-corrected chi connectivity index (χ1v) is 9.68. The predicted molar refractivity (Wildman–Crippen MR) is 90.5 cm³/mol. The molecule has 0 radical (unpaired) electrons. The number of carbonyl (C=O) groups is 1. The van der Waals surface area contributed by atoms with Crippen LogP contribution < -0.4 is 0 Å². The quantitative estimate of drug-likeness (QED) is 0.621. The van der Waals surface area contributed by atoms with Gasteiger partial charge in [-0.25, -0.2) is 0 Å². The van der Waals surface area contributed by atoms with Gasteiger partial charge in [0.15, 0.2) is 5.78 Å². The molecule has 0 aliphatic heterocycles. The van der Waals surface area contributed by atoms with E-state index in [4.69, 9.17) is 0 Å². The van der Waals surface area contributed by atoms with Crippen molar-refractivity contribution >= 4 is 5.78 Å². The van der Waals surface area contributed by atoms with Crippen LogP contribution in [0.4, 0.5) is 0 Å². The Labute approximate surface area is 135 Å². The minimum atomic E-state index is 0.199. The summed E-state index contributed by atoms with van der Waals surface area (Å²) in [5.41, 5.74) is 1.98. The maximum atomic E-state index is 12.1. The Morgan fingerprint density at radius 3 is 2.64 bits per heavy atom. The van der Waals surface area contributed by atoms with Gasteiger partial charge in [0.1, 0.15) is 0 Å². The number of hydrogen-bond acceptors (Lipinski definition) is 1. The standard InChI is InChI=1S/C21H32O/c1-14(22)17-9-10-18-16-8-7-15-6-4-5-12-20(15,2)19(16)11-13-21(17,18)3/h9,15-16,18-19H,4-8,10-13H2,1-3H3/t15-,16-,18-,19-,20-,21+/m0/s1. The molecule has 3 saturated carbocycles. The van der Waals surface area contributed by atoms with Gasteiger partial charge < -0.3 is 0 Å². The van der Waals surface area contributed by atoms with Gasteiger partial charge in [0.25, 0.3) is 0 Å². The Kier molecular flexibility index (Phi) is 3.37. The molecule has 6 atom stereocenters. The van der Waals surface area contributed by atoms with Gasteiger partial charge in [-0.3, -0.25) is 4.79 Å². The van der Waals surface area contributed by atoms with Crippen molar-refractivity contribution in [3.05, 3.63) is 11.6 Å². The molecule has 4 rings (SSSR count). The normalized spacial score (nSPS) is 50.6. The monoisotopic (exact) mass is 300 g/mol. The molecule has 3 fully saturated rings. The Morgan fingerprint density at radius 2 is 1.86 bits per heavy atom. The molecule has 0 saturated heterocycles. The molecule has 0 aromatic carbocycles. The van der Waals surface area contributed by atoms with Crippen LogP contribution >= 0.6 is 0 Å². The van der Waals surface area contributed by atoms with Gasteiger partial charge in [-0.1, -0.05) is 32.8 Å². The van der Waals surface area contributed by atoms with Crippen LogP contribution in [0.15, 0.2) is 11.6 Å². The summed E-state index contributed by atoms with van der Waals surface area (Å²) >= 11 is 0. The first kappa shape index (κ1) is 15.0. The zero-order valence-electron chi connectivity index (χ0n) is 14.7. The first-order valence-electron chi connectivity index (χ1n) is 9.68. The van der Waals surface area contributed by atoms with E-state index < -0.39 is 0 Å². The SMILES string of the molecule is CC(=O)C1=CC[C@H]2[C@@H]3CC[C@@H]4CCCC[C@]4(C)[C@H]3CC[C@]12C. The molecule has 0 unspecified atom stereocenters. The van der Waals surface area contributed by atoms with E-state index in [-0.39, 0.29) is 5.41 Å². The Hall–Kier alpha value is -0.590. The molecule has 0 N–H and O–H groups in total. The van der Waals surface area contributed by atoms with Crippen LogP contribution in [0.5, 0.6) is 0 Å². The van der Waals surface area contributed by atoms with E-state index in [1.165, 1.54) is 63.4 Å². The van der Waals surface area contributed by atoms with E-state index in [1.807, 2.05) is 0 Å². The molecule has 0 amide bonds. The molecule has 1 heteroatoms. The lowest BCUT2D eigenvalue weighted by Crippen LogP contribution is -2.52. The second kappa shape index (κ2) is 4.95. The maximum absolute atomic E-state index is 12.1. The zero-order valence-corrected chi connectivity index (χ0v) is 14.7. The number of rotatable bonds is 1. The summed E-state index contributed by atoms with van der Waals surface area (Å²) in [6.07, 6.45) is 14.9. The summed E-state index contributed by atoms with van der Waals surface area (Å²) < 4.78 is 0. The molecule has 4 aliphatic carbocycles. The second-order valence-electron chi connectivity index (χ2n) is 9.27. The number of hydrogen-bond donors (Lipinski definition) is 0. The van der Waals surface area contributed by atoms with E-state index in [9.17, 15) is 4.79 Å². The summed E-state index contributed by atoms with van der Waals surface area (Å²) in [6.45, 7) is 6.82. The highest BCUT2D eigenvalue weighted by Gasteiger charge is 2.58. The predicted octanol–water partition coefficient (Wildman–Crippen LogP) is 5.54. The van der Waals surface area contributed by atoms with Gasteiger partial charge in [-0.15, -0.1) is 0 Å². The molecule has 122 valence electrons. The summed E-state index contributed by atoms with van der Waals surface area (Å²) in [6, 6.07) is 0. The van der Waals surface area contributed by atoms with Crippen molar-refractivity contribution < 1.29 is 4.79 Å². The molecule has 0 heterocycles. The van der Waals surface area contributed by atoms with Crippen LogP contribution in [0.3, 0.4) is 0 Å². The molecular formula is C21H32O. The van der Waals surface area contributed by atoms with Crippen molar-refractivity contribution in [1.82, 2.24) is 0 Å². The summed E-state index contributed by atoms with van der Waals surface area (Å²) in [5, 5.41) is 0. The van der Waals surface area contributed by atoms with Crippen LogP contribution in [0.1, 0.15) is 78.6 Å². The number of fused-ring (bicyclic) bond motifs is 5. The van der Waals surface area contributed by atoms with Crippen molar-refractivity contribution in [1.29, 1.82) is 0 Å². The van der Waals surface area contributed by atoms with E-state index in [0.29, 0.717) is 11.2 Å². The number of ketones is 1. The molecular weight excluding hydrogens is 268 g/mol. The number of carbonyl (C=O) groups excluding carboxylic acids is 1. The fourth-order valence-electron chi connectivity index (χ4n) is 7.41. The lowest BCUT2D eigenvalue weighted by Gasteiger charge is -2.60. The zero-order chi connectivity index (χ0) is 15.5. The van der Waals surface area contributed by atoms with Gasteiger partial charge in [0.05, 0.1) is 0 Å². The summed E-state index contributed by atoms with van der Waals surface area (Å²) in [4.78, 5) is 12.1. The average molecular weight is 300 g/mol. The summed E-state index contributed by atoms with van der Waals surface area (Å²) in [7, 11) is 0. The Balaban J connectivity index is 1.64. The third-order valence-corrected chi connectivity index (χ3v) is 8.54. The lowest BCUT2D eigenvalue weighted by atomic mass is 9.45. The average Bonchev–Trinajstić information content (AvgIpc) is 2.84. The van der Waals surface area contributed by atoms with Crippen LogP contribution in [-0.4, -0.2) is 5.78 Å². The van der Waals surface area contributed by atoms with Gasteiger partial charge in [-0.05, 0) is 91.9 Å². The van der Waals surface area contributed by atoms with Crippen molar-refractivity contribution in [2.45, 2.75) is 78.6 Å². The van der Waals surface area contributed by atoms with Crippen LogP contribution in [0.25, 0.3) is 0 Å². The highest BCUT2D eigenvalue weighted by molar-refractivity contribution is 5.95. The Morgan fingerprint density at radius 1 is 1.05 bits per heavy atom. The van der Waals surface area contributed by atoms with Gasteiger partial charge in [0.2, 0.25) is 0 Å². The third-order valence-electron chi connectivity index (χ3n) is 8.54. The lowest BCUT2D eigenvalue weighted by molar-refractivity contribution is -0.118. The topological polar surface area (TPSA) is 17.1 Å². The van der Waals surface area contributed by atoms with Crippen LogP contribution in [0, 0.1) is 34.5 Å². The van der Waals surface area contributed by atoms with Gasteiger partial charge in [-0.2, -0.15) is 0 Å². The van der Waals surface area contributed by atoms with Gasteiger partial charge >= 0.3 is 0 Å². The Bertz CT molecular complexity index is 518. The third kappa shape index (κ3) is 1.86. The molecule has 0 bridgehead atoms. The van der Waals surface area contributed by atoms with Crippen molar-refractivity contribution in [3.8, 4) is 0 Å². The van der Waals surface area contributed by atoms with E-state index in [0.717, 1.165) is 23.7 Å². The van der Waals surface area contributed by atoms with E-state index >= 15 is 0 Å². The molecule has 22 heavy (non-hydrogen) atoms. The van der Waals surface area contributed by atoms with E-state index in [2.05, 4.69) is 19.9 Å². The van der Waals surface area contributed by atoms with Gasteiger partial charge in [0, 0.05) is 0 Å². The fourth-order valence-corrected chi connectivity index (χ4v) is 7.41. The van der Waals surface area contributed by atoms with Crippen LogP contribution in [-0.2, 0) is 4.79 Å². The largest absolute Gasteiger partial charge is 0.295 e. The minimum absolute atomic E-state index is 0.199. The molecule has 1 nitrogen and oxygen atoms in total. The number of allylic oxidation sites excluding steroid dienone is 2. The molecule has 0 aromatic heterocycles.